The molecule has 0 bridgehead atoms. The number of ether oxygens (including phenoxy) is 1. The lowest BCUT2D eigenvalue weighted by Crippen LogP contribution is -2.19. The van der Waals surface area contributed by atoms with Crippen LogP contribution in [0.1, 0.15) is 0 Å². The molecule has 1 rings (SSSR count). The lowest BCUT2D eigenvalue weighted by atomic mass is 10.3. The van der Waals surface area contributed by atoms with E-state index in [0.717, 1.165) is 0 Å². The minimum atomic E-state index is -4.35. The standard InChI is InChI=1S/C8H5BrClF3O/c9-6-2-1-5(10)3-7(6)14-4-8(11,12)13/h1-3H,4H2. The van der Waals surface area contributed by atoms with Crippen LogP contribution in [0.2, 0.25) is 5.02 Å². The van der Waals surface area contributed by atoms with Crippen molar-refractivity contribution in [2.24, 2.45) is 0 Å². The average Bonchev–Trinajstić information content (AvgIpc) is 2.05. The number of hydrogen-bond donors (Lipinski definition) is 0. The zero-order chi connectivity index (χ0) is 10.8. The summed E-state index contributed by atoms with van der Waals surface area (Å²) in [5, 5.41) is 0.324. The Morgan fingerprint density at radius 3 is 2.57 bits per heavy atom. The monoisotopic (exact) mass is 288 g/mol. The van der Waals surface area contributed by atoms with Crippen molar-refractivity contribution >= 4 is 27.5 Å². The third-order valence-electron chi connectivity index (χ3n) is 1.28. The molecular formula is C8H5BrClF3O. The van der Waals surface area contributed by atoms with Gasteiger partial charge in [0.1, 0.15) is 5.75 Å². The lowest BCUT2D eigenvalue weighted by molar-refractivity contribution is -0.153. The first kappa shape index (κ1) is 11.7. The molecule has 1 nitrogen and oxygen atoms in total. The molecule has 0 heterocycles. The Hall–Kier alpha value is -0.420. The maximum Gasteiger partial charge on any atom is 0.422 e. The molecule has 0 amide bonds. The van der Waals surface area contributed by atoms with E-state index in [4.69, 9.17) is 11.6 Å². The summed E-state index contributed by atoms with van der Waals surface area (Å²) in [5.74, 6) is 0.0785. The predicted molar refractivity (Wildman–Crippen MR) is 50.7 cm³/mol. The second-order valence-corrected chi connectivity index (χ2v) is 3.77. The van der Waals surface area contributed by atoms with E-state index in [2.05, 4.69) is 20.7 Å². The molecule has 0 spiro atoms. The van der Waals surface area contributed by atoms with Gasteiger partial charge in [0, 0.05) is 5.02 Å². The maximum atomic E-state index is 11.8. The Labute approximate surface area is 91.9 Å². The Morgan fingerprint density at radius 2 is 2.00 bits per heavy atom. The third kappa shape index (κ3) is 3.75. The van der Waals surface area contributed by atoms with Gasteiger partial charge < -0.3 is 4.74 Å². The molecule has 0 atom stereocenters. The summed E-state index contributed by atoms with van der Waals surface area (Å²) in [6, 6.07) is 4.39. The van der Waals surface area contributed by atoms with Gasteiger partial charge in [-0.3, -0.25) is 0 Å². The van der Waals surface area contributed by atoms with Crippen LogP contribution in [-0.4, -0.2) is 12.8 Å². The fourth-order valence-electron chi connectivity index (χ4n) is 0.747. The van der Waals surface area contributed by atoms with Crippen molar-refractivity contribution in [3.05, 3.63) is 27.7 Å². The number of halogens is 5. The van der Waals surface area contributed by atoms with Crippen LogP contribution in [0.15, 0.2) is 22.7 Å². The lowest BCUT2D eigenvalue weighted by Gasteiger charge is -2.10. The van der Waals surface area contributed by atoms with E-state index in [0.29, 0.717) is 9.50 Å². The molecule has 0 fully saturated rings. The van der Waals surface area contributed by atoms with E-state index >= 15 is 0 Å². The number of benzene rings is 1. The SMILES string of the molecule is FC(F)(F)COc1cc(Cl)ccc1Br. The number of hydrogen-bond acceptors (Lipinski definition) is 1. The second kappa shape index (κ2) is 4.40. The molecule has 0 aliphatic rings. The van der Waals surface area contributed by atoms with Gasteiger partial charge in [-0.05, 0) is 34.1 Å². The van der Waals surface area contributed by atoms with Gasteiger partial charge in [-0.15, -0.1) is 0 Å². The minimum Gasteiger partial charge on any atom is -0.483 e. The van der Waals surface area contributed by atoms with E-state index in [1.54, 1.807) is 6.07 Å². The van der Waals surface area contributed by atoms with E-state index in [1.807, 2.05) is 0 Å². The fourth-order valence-corrected chi connectivity index (χ4v) is 1.27. The van der Waals surface area contributed by atoms with Crippen molar-refractivity contribution in [3.8, 4) is 5.75 Å². The van der Waals surface area contributed by atoms with Gasteiger partial charge in [-0.1, -0.05) is 11.6 Å². The van der Waals surface area contributed by atoms with Gasteiger partial charge in [0.25, 0.3) is 0 Å². The summed E-state index contributed by atoms with van der Waals surface area (Å²) >= 11 is 8.63. The van der Waals surface area contributed by atoms with Crippen LogP contribution in [0.4, 0.5) is 13.2 Å². The van der Waals surface area contributed by atoms with Crippen molar-refractivity contribution < 1.29 is 17.9 Å². The summed E-state index contributed by atoms with van der Waals surface area (Å²) in [5.41, 5.74) is 0. The molecule has 14 heavy (non-hydrogen) atoms. The quantitative estimate of drug-likeness (QED) is 0.798. The highest BCUT2D eigenvalue weighted by atomic mass is 79.9. The highest BCUT2D eigenvalue weighted by Crippen LogP contribution is 2.29. The summed E-state index contributed by atoms with van der Waals surface area (Å²) < 4.78 is 40.4. The molecule has 0 aliphatic carbocycles. The Bertz CT molecular complexity index is 327. The highest BCUT2D eigenvalue weighted by Gasteiger charge is 2.28. The number of alkyl halides is 3. The summed E-state index contributed by atoms with van der Waals surface area (Å²) in [6.07, 6.45) is -4.35. The zero-order valence-corrected chi connectivity index (χ0v) is 9.08. The molecule has 78 valence electrons. The first-order chi connectivity index (χ1) is 6.38. The van der Waals surface area contributed by atoms with Gasteiger partial charge in [-0.25, -0.2) is 0 Å². The molecule has 6 heteroatoms. The Kier molecular flexibility index (Phi) is 3.66. The highest BCUT2D eigenvalue weighted by molar-refractivity contribution is 9.10. The van der Waals surface area contributed by atoms with Crippen molar-refractivity contribution in [3.63, 3.8) is 0 Å². The van der Waals surface area contributed by atoms with Crippen LogP contribution in [0.3, 0.4) is 0 Å². The molecule has 0 aromatic heterocycles. The van der Waals surface area contributed by atoms with Gasteiger partial charge in [-0.2, -0.15) is 13.2 Å². The molecule has 1 aromatic carbocycles. The summed E-state index contributed by atoms with van der Waals surface area (Å²) in [7, 11) is 0. The molecule has 0 radical (unpaired) electrons. The van der Waals surface area contributed by atoms with Crippen molar-refractivity contribution in [2.75, 3.05) is 6.61 Å². The van der Waals surface area contributed by atoms with Crippen molar-refractivity contribution in [1.82, 2.24) is 0 Å². The fraction of sp³-hybridized carbons (Fsp3) is 0.250. The first-order valence-electron chi connectivity index (χ1n) is 3.53. The number of rotatable bonds is 2. The van der Waals surface area contributed by atoms with Gasteiger partial charge in [0.15, 0.2) is 6.61 Å². The maximum absolute atomic E-state index is 11.8. The normalized spacial score (nSPS) is 11.5. The van der Waals surface area contributed by atoms with E-state index in [9.17, 15) is 13.2 Å². The zero-order valence-electron chi connectivity index (χ0n) is 6.74. The van der Waals surface area contributed by atoms with Crippen LogP contribution < -0.4 is 4.74 Å². The molecular weight excluding hydrogens is 284 g/mol. The molecule has 0 saturated carbocycles. The van der Waals surface area contributed by atoms with Crippen LogP contribution in [0, 0.1) is 0 Å². The van der Waals surface area contributed by atoms with Crippen LogP contribution in [-0.2, 0) is 0 Å². The predicted octanol–water partition coefficient (Wildman–Crippen LogP) is 4.04. The largest absolute Gasteiger partial charge is 0.483 e. The average molecular weight is 289 g/mol. The smallest absolute Gasteiger partial charge is 0.422 e. The van der Waals surface area contributed by atoms with Crippen LogP contribution in [0.25, 0.3) is 0 Å². The summed E-state index contributed by atoms with van der Waals surface area (Å²) in [4.78, 5) is 0. The molecule has 0 unspecified atom stereocenters. The molecule has 0 aliphatic heterocycles. The first-order valence-corrected chi connectivity index (χ1v) is 4.70. The van der Waals surface area contributed by atoms with Crippen molar-refractivity contribution in [1.29, 1.82) is 0 Å². The van der Waals surface area contributed by atoms with Crippen LogP contribution in [0.5, 0.6) is 5.75 Å². The molecule has 1 aromatic rings. The molecule has 0 saturated heterocycles. The molecule has 0 N–H and O–H groups in total. The van der Waals surface area contributed by atoms with Gasteiger partial charge in [0.05, 0.1) is 4.47 Å². The topological polar surface area (TPSA) is 9.23 Å². The Balaban J connectivity index is 2.72. The van der Waals surface area contributed by atoms with Crippen molar-refractivity contribution in [2.45, 2.75) is 6.18 Å². The van der Waals surface area contributed by atoms with E-state index < -0.39 is 12.8 Å². The van der Waals surface area contributed by atoms with E-state index in [-0.39, 0.29) is 5.75 Å². The van der Waals surface area contributed by atoms with Crippen LogP contribution >= 0.6 is 27.5 Å². The minimum absolute atomic E-state index is 0.0785. The second-order valence-electron chi connectivity index (χ2n) is 2.48. The third-order valence-corrected chi connectivity index (χ3v) is 2.17. The van der Waals surface area contributed by atoms with Gasteiger partial charge in [0.2, 0.25) is 0 Å². The Morgan fingerprint density at radius 1 is 1.36 bits per heavy atom. The van der Waals surface area contributed by atoms with E-state index in [1.165, 1.54) is 12.1 Å². The summed E-state index contributed by atoms with van der Waals surface area (Å²) in [6.45, 7) is -1.33. The van der Waals surface area contributed by atoms with Gasteiger partial charge >= 0.3 is 6.18 Å².